The van der Waals surface area contributed by atoms with Gasteiger partial charge in [-0.25, -0.2) is 0 Å². The van der Waals surface area contributed by atoms with Gasteiger partial charge in [0.2, 0.25) is 0 Å². The van der Waals surface area contributed by atoms with Crippen molar-refractivity contribution in [3.8, 4) is 0 Å². The molecule has 0 bridgehead atoms. The van der Waals surface area contributed by atoms with Crippen LogP contribution in [0, 0.1) is 5.41 Å². The number of hydrogen-bond acceptors (Lipinski definition) is 3. The molecule has 1 amide bonds. The average Bonchev–Trinajstić information content (AvgIpc) is 2.75. The van der Waals surface area contributed by atoms with Crippen LogP contribution in [0.15, 0.2) is 54.6 Å². The Morgan fingerprint density at radius 1 is 1.13 bits per heavy atom. The highest BCUT2D eigenvalue weighted by molar-refractivity contribution is 5.82. The molecule has 1 heterocycles. The number of benzene rings is 2. The summed E-state index contributed by atoms with van der Waals surface area (Å²) in [6, 6.07) is 14.5. The number of amides is 1. The maximum atomic E-state index is 13.0. The van der Waals surface area contributed by atoms with Crippen LogP contribution in [-0.2, 0) is 22.1 Å². The number of nitrogens with zero attached hydrogens (tertiary/aromatic N) is 1. The zero-order chi connectivity index (χ0) is 21.8. The third kappa shape index (κ3) is 5.02. The lowest BCUT2D eigenvalue weighted by Crippen LogP contribution is -2.47. The van der Waals surface area contributed by atoms with Crippen LogP contribution in [0.4, 0.5) is 13.2 Å². The zero-order valence-corrected chi connectivity index (χ0v) is 16.9. The molecule has 1 aliphatic heterocycles. The van der Waals surface area contributed by atoms with Crippen LogP contribution in [0.25, 0.3) is 0 Å². The van der Waals surface area contributed by atoms with Crippen LogP contribution < -0.4 is 0 Å². The van der Waals surface area contributed by atoms with Gasteiger partial charge in [-0.1, -0.05) is 48.5 Å². The van der Waals surface area contributed by atoms with E-state index >= 15 is 0 Å². The Bertz CT molecular complexity index is 846. The van der Waals surface area contributed by atoms with E-state index in [-0.39, 0.29) is 12.5 Å². The van der Waals surface area contributed by atoms with E-state index in [4.69, 9.17) is 4.74 Å². The minimum Gasteiger partial charge on any atom is -0.396 e. The number of alkyl halides is 3. The van der Waals surface area contributed by atoms with Crippen molar-refractivity contribution in [2.24, 2.45) is 5.41 Å². The molecule has 1 fully saturated rings. The normalized spacial score (nSPS) is 17.6. The van der Waals surface area contributed by atoms with Gasteiger partial charge in [0, 0.05) is 32.2 Å². The van der Waals surface area contributed by atoms with E-state index in [1.54, 1.807) is 11.0 Å². The number of carbonyl (C=O) groups is 1. The monoisotopic (exact) mass is 421 g/mol. The van der Waals surface area contributed by atoms with E-state index in [0.29, 0.717) is 37.9 Å². The second kappa shape index (κ2) is 9.18. The summed E-state index contributed by atoms with van der Waals surface area (Å²) in [5, 5.41) is 10.0. The van der Waals surface area contributed by atoms with E-state index in [9.17, 15) is 23.1 Å². The number of halogens is 3. The lowest BCUT2D eigenvalue weighted by molar-refractivity contribution is -0.145. The van der Waals surface area contributed by atoms with Crippen molar-refractivity contribution < 1.29 is 27.8 Å². The van der Waals surface area contributed by atoms with E-state index in [0.717, 1.165) is 17.7 Å². The summed E-state index contributed by atoms with van der Waals surface area (Å²) in [4.78, 5) is 14.7. The van der Waals surface area contributed by atoms with Gasteiger partial charge >= 0.3 is 6.18 Å². The molecular formula is C23H26F3NO3. The summed E-state index contributed by atoms with van der Waals surface area (Å²) < 4.78 is 44.4. The first kappa shape index (κ1) is 22.3. The first-order valence-electron chi connectivity index (χ1n) is 9.91. The van der Waals surface area contributed by atoms with Gasteiger partial charge in [-0.2, -0.15) is 13.2 Å². The maximum absolute atomic E-state index is 13.0. The largest absolute Gasteiger partial charge is 0.416 e. The summed E-state index contributed by atoms with van der Waals surface area (Å²) >= 11 is 0. The number of ether oxygens (including phenoxy) is 1. The fourth-order valence-corrected chi connectivity index (χ4v) is 4.06. The Hall–Kier alpha value is -2.38. The number of aliphatic hydroxyl groups excluding tert-OH is 1. The third-order valence-electron chi connectivity index (χ3n) is 5.87. The molecule has 0 radical (unpaired) electrons. The van der Waals surface area contributed by atoms with E-state index in [1.165, 1.54) is 13.2 Å². The van der Waals surface area contributed by atoms with Gasteiger partial charge in [-0.15, -0.1) is 0 Å². The number of rotatable bonds is 6. The quantitative estimate of drug-likeness (QED) is 0.759. The molecular weight excluding hydrogens is 395 g/mol. The molecule has 0 spiro atoms. The summed E-state index contributed by atoms with van der Waals surface area (Å²) in [5.74, 6) is -0.144. The summed E-state index contributed by atoms with van der Waals surface area (Å²) in [7, 11) is 1.49. The third-order valence-corrected chi connectivity index (χ3v) is 5.87. The van der Waals surface area contributed by atoms with Gasteiger partial charge < -0.3 is 14.7 Å². The zero-order valence-electron chi connectivity index (χ0n) is 16.9. The van der Waals surface area contributed by atoms with Crippen molar-refractivity contribution in [2.75, 3.05) is 26.8 Å². The van der Waals surface area contributed by atoms with Crippen LogP contribution in [0.1, 0.15) is 35.6 Å². The number of piperidine rings is 1. The lowest BCUT2D eigenvalue weighted by atomic mass is 9.74. The van der Waals surface area contributed by atoms with Crippen LogP contribution in [0.2, 0.25) is 0 Å². The van der Waals surface area contributed by atoms with Crippen molar-refractivity contribution >= 4 is 5.91 Å². The Morgan fingerprint density at radius 3 is 2.37 bits per heavy atom. The van der Waals surface area contributed by atoms with E-state index < -0.39 is 23.3 Å². The maximum Gasteiger partial charge on any atom is 0.416 e. The van der Waals surface area contributed by atoms with Gasteiger partial charge in [0.25, 0.3) is 5.91 Å². The minimum atomic E-state index is -4.40. The van der Waals surface area contributed by atoms with Crippen LogP contribution in [-0.4, -0.2) is 42.7 Å². The summed E-state index contributed by atoms with van der Waals surface area (Å²) in [5.41, 5.74) is 0.0771. The smallest absolute Gasteiger partial charge is 0.396 e. The van der Waals surface area contributed by atoms with Crippen LogP contribution in [0.5, 0.6) is 0 Å². The predicted molar refractivity (Wildman–Crippen MR) is 107 cm³/mol. The van der Waals surface area contributed by atoms with E-state index in [1.807, 2.05) is 30.3 Å². The number of likely N-dealkylation sites (tertiary alicyclic amines) is 1. The van der Waals surface area contributed by atoms with Gasteiger partial charge in [-0.05, 0) is 36.5 Å². The second-order valence-corrected chi connectivity index (χ2v) is 7.88. The second-order valence-electron chi connectivity index (χ2n) is 7.88. The first-order valence-corrected chi connectivity index (χ1v) is 9.91. The molecule has 0 unspecified atom stereocenters. The first-order chi connectivity index (χ1) is 14.3. The Labute approximate surface area is 174 Å². The van der Waals surface area contributed by atoms with E-state index in [2.05, 4.69) is 0 Å². The molecule has 0 aromatic heterocycles. The topological polar surface area (TPSA) is 49.8 Å². The minimum absolute atomic E-state index is 0.141. The van der Waals surface area contributed by atoms with Crippen LogP contribution in [0.3, 0.4) is 0 Å². The summed E-state index contributed by atoms with van der Waals surface area (Å²) in [6.07, 6.45) is -3.74. The fourth-order valence-electron chi connectivity index (χ4n) is 4.06. The molecule has 2 aromatic rings. The molecule has 162 valence electrons. The number of hydrogen-bond donors (Lipinski definition) is 1. The van der Waals surface area contributed by atoms with Crippen molar-refractivity contribution in [3.05, 3.63) is 71.3 Å². The highest BCUT2D eigenvalue weighted by Crippen LogP contribution is 2.37. The summed E-state index contributed by atoms with van der Waals surface area (Å²) in [6.45, 7) is 0.702. The Kier molecular flexibility index (Phi) is 6.83. The van der Waals surface area contributed by atoms with Crippen molar-refractivity contribution in [2.45, 2.75) is 31.5 Å². The van der Waals surface area contributed by atoms with Crippen LogP contribution >= 0.6 is 0 Å². The predicted octanol–water partition coefficient (Wildman–Crippen LogP) is 4.24. The standard InChI is InChI=1S/C23H26F3NO3/c1-30-20(18-7-3-2-4-8-18)21(29)27-12-10-22(16-28,11-13-27)15-17-6-5-9-19(14-17)23(24,25)26/h2-9,14,20,28H,10-13,15-16H2,1H3/t20-/m1/s1. The van der Waals surface area contributed by atoms with Crippen molar-refractivity contribution in [1.29, 1.82) is 0 Å². The molecule has 1 saturated heterocycles. The number of aliphatic hydroxyl groups is 1. The molecule has 3 rings (SSSR count). The molecule has 4 nitrogen and oxygen atoms in total. The molecule has 1 aliphatic rings. The fraction of sp³-hybridized carbons (Fsp3) is 0.435. The molecule has 7 heteroatoms. The molecule has 1 N–H and O–H groups in total. The molecule has 0 aliphatic carbocycles. The highest BCUT2D eigenvalue weighted by atomic mass is 19.4. The SMILES string of the molecule is CO[C@@H](C(=O)N1CCC(CO)(Cc2cccc(C(F)(F)F)c2)CC1)c1ccccc1. The number of carbonyl (C=O) groups excluding carboxylic acids is 1. The lowest BCUT2D eigenvalue weighted by Gasteiger charge is -2.41. The van der Waals surface area contributed by atoms with Gasteiger partial charge in [-0.3, -0.25) is 4.79 Å². The van der Waals surface area contributed by atoms with Gasteiger partial charge in [0.15, 0.2) is 6.10 Å². The molecule has 30 heavy (non-hydrogen) atoms. The molecule has 2 aromatic carbocycles. The Morgan fingerprint density at radius 2 is 1.80 bits per heavy atom. The average molecular weight is 421 g/mol. The van der Waals surface area contributed by atoms with Crippen molar-refractivity contribution in [1.82, 2.24) is 4.90 Å². The van der Waals surface area contributed by atoms with Gasteiger partial charge in [0.1, 0.15) is 0 Å². The Balaban J connectivity index is 1.68. The highest BCUT2D eigenvalue weighted by Gasteiger charge is 2.38. The van der Waals surface area contributed by atoms with Crippen molar-refractivity contribution in [3.63, 3.8) is 0 Å². The van der Waals surface area contributed by atoms with Gasteiger partial charge in [0.05, 0.1) is 5.56 Å². The number of methoxy groups -OCH3 is 1. The molecule has 1 atom stereocenters. The molecule has 0 saturated carbocycles.